The first-order valence-corrected chi connectivity index (χ1v) is 6.77. The van der Waals surface area contributed by atoms with Crippen molar-refractivity contribution in [2.24, 2.45) is 17.8 Å². The van der Waals surface area contributed by atoms with Crippen LogP contribution >= 0.6 is 0 Å². The van der Waals surface area contributed by atoms with Gasteiger partial charge in [-0.05, 0) is 24.2 Å². The first-order chi connectivity index (χ1) is 6.77. The van der Waals surface area contributed by atoms with Crippen LogP contribution in [0.2, 0.25) is 0 Å². The molecule has 1 aliphatic rings. The Kier molecular flexibility index (Phi) is 5.59. The van der Waals surface area contributed by atoms with Gasteiger partial charge in [-0.25, -0.2) is 0 Å². The maximum absolute atomic E-state index is 2.38. The molecule has 0 aromatic rings. The van der Waals surface area contributed by atoms with Gasteiger partial charge in [0.1, 0.15) is 0 Å². The van der Waals surface area contributed by atoms with E-state index in [2.05, 4.69) is 20.8 Å². The average molecular weight is 196 g/mol. The number of hydrogen-bond donors (Lipinski definition) is 0. The molecule has 0 amide bonds. The van der Waals surface area contributed by atoms with Crippen LogP contribution in [0.1, 0.15) is 72.1 Å². The molecule has 0 saturated heterocycles. The third-order valence-electron chi connectivity index (χ3n) is 4.06. The van der Waals surface area contributed by atoms with Crippen molar-refractivity contribution in [3.8, 4) is 0 Å². The summed E-state index contributed by atoms with van der Waals surface area (Å²) < 4.78 is 0. The zero-order valence-electron chi connectivity index (χ0n) is 10.4. The summed E-state index contributed by atoms with van der Waals surface area (Å²) in [6.07, 6.45) is 11.8. The Hall–Kier alpha value is 0. The molecule has 0 spiro atoms. The fourth-order valence-corrected chi connectivity index (χ4v) is 2.44. The van der Waals surface area contributed by atoms with Crippen LogP contribution in [0.5, 0.6) is 0 Å². The van der Waals surface area contributed by atoms with Crippen molar-refractivity contribution >= 4 is 0 Å². The molecule has 1 fully saturated rings. The number of rotatable bonds is 8. The summed E-state index contributed by atoms with van der Waals surface area (Å²) in [5.41, 5.74) is 0. The van der Waals surface area contributed by atoms with Crippen LogP contribution in [0.4, 0.5) is 0 Å². The summed E-state index contributed by atoms with van der Waals surface area (Å²) in [6.45, 7) is 7.03. The molecule has 14 heavy (non-hydrogen) atoms. The van der Waals surface area contributed by atoms with E-state index in [0.717, 1.165) is 17.8 Å². The van der Waals surface area contributed by atoms with E-state index in [4.69, 9.17) is 0 Å². The molecule has 0 bridgehead atoms. The van der Waals surface area contributed by atoms with Gasteiger partial charge in [0.25, 0.3) is 0 Å². The predicted octanol–water partition coefficient (Wildman–Crippen LogP) is 5.03. The minimum Gasteiger partial charge on any atom is -0.0651 e. The minimum atomic E-state index is 0.958. The predicted molar refractivity (Wildman–Crippen MR) is 64.4 cm³/mol. The van der Waals surface area contributed by atoms with Crippen molar-refractivity contribution < 1.29 is 0 Å². The van der Waals surface area contributed by atoms with E-state index in [1.807, 2.05) is 0 Å². The van der Waals surface area contributed by atoms with E-state index >= 15 is 0 Å². The second kappa shape index (κ2) is 6.48. The topological polar surface area (TPSA) is 0 Å². The average Bonchev–Trinajstić information content (AvgIpc) is 2.95. The smallest absolute Gasteiger partial charge is 0.0383 e. The van der Waals surface area contributed by atoms with Gasteiger partial charge in [0, 0.05) is 0 Å². The SMILES string of the molecule is CCC(C)CCCCCC1CC1CC. The molecule has 0 heterocycles. The zero-order chi connectivity index (χ0) is 10.4. The van der Waals surface area contributed by atoms with Gasteiger partial charge in [-0.3, -0.25) is 0 Å². The van der Waals surface area contributed by atoms with Crippen molar-refractivity contribution in [1.29, 1.82) is 0 Å². The van der Waals surface area contributed by atoms with Crippen LogP contribution < -0.4 is 0 Å². The third kappa shape index (κ3) is 4.48. The van der Waals surface area contributed by atoms with Crippen LogP contribution in [0.3, 0.4) is 0 Å². The molecule has 0 N–H and O–H groups in total. The lowest BCUT2D eigenvalue weighted by Crippen LogP contribution is -1.92. The molecule has 1 saturated carbocycles. The second-order valence-electron chi connectivity index (χ2n) is 5.32. The van der Waals surface area contributed by atoms with E-state index in [0.29, 0.717) is 0 Å². The minimum absolute atomic E-state index is 0.958. The lowest BCUT2D eigenvalue weighted by Gasteiger charge is -2.07. The molecular weight excluding hydrogens is 168 g/mol. The van der Waals surface area contributed by atoms with Gasteiger partial charge in [0.15, 0.2) is 0 Å². The zero-order valence-corrected chi connectivity index (χ0v) is 10.4. The normalized spacial score (nSPS) is 27.6. The first-order valence-electron chi connectivity index (χ1n) is 6.77. The molecule has 3 atom stereocenters. The van der Waals surface area contributed by atoms with Crippen LogP contribution in [-0.2, 0) is 0 Å². The molecule has 3 unspecified atom stereocenters. The standard InChI is InChI=1S/C14H28/c1-4-12(3)9-7-6-8-10-14-11-13(14)5-2/h12-14H,4-11H2,1-3H3. The molecule has 1 aliphatic carbocycles. The Morgan fingerprint density at radius 2 is 1.86 bits per heavy atom. The molecule has 0 nitrogen and oxygen atoms in total. The largest absolute Gasteiger partial charge is 0.0651 e. The highest BCUT2D eigenvalue weighted by Crippen LogP contribution is 2.44. The summed E-state index contributed by atoms with van der Waals surface area (Å²) >= 11 is 0. The van der Waals surface area contributed by atoms with Crippen molar-refractivity contribution in [2.75, 3.05) is 0 Å². The van der Waals surface area contributed by atoms with Crippen molar-refractivity contribution in [1.82, 2.24) is 0 Å². The van der Waals surface area contributed by atoms with Crippen molar-refractivity contribution in [3.63, 3.8) is 0 Å². The van der Waals surface area contributed by atoms with Gasteiger partial charge in [0.2, 0.25) is 0 Å². The number of hydrogen-bond acceptors (Lipinski definition) is 0. The molecular formula is C14H28. The second-order valence-corrected chi connectivity index (χ2v) is 5.32. The Balaban J connectivity index is 1.81. The Morgan fingerprint density at radius 1 is 1.07 bits per heavy atom. The Morgan fingerprint density at radius 3 is 2.43 bits per heavy atom. The quantitative estimate of drug-likeness (QED) is 0.478. The molecule has 84 valence electrons. The summed E-state index contributed by atoms with van der Waals surface area (Å²) in [4.78, 5) is 0. The molecule has 0 aromatic heterocycles. The molecule has 0 radical (unpaired) electrons. The van der Waals surface area contributed by atoms with Gasteiger partial charge in [-0.1, -0.05) is 65.7 Å². The van der Waals surface area contributed by atoms with Gasteiger partial charge >= 0.3 is 0 Å². The molecule has 0 heteroatoms. The van der Waals surface area contributed by atoms with Gasteiger partial charge < -0.3 is 0 Å². The van der Waals surface area contributed by atoms with Crippen molar-refractivity contribution in [3.05, 3.63) is 0 Å². The fraction of sp³-hybridized carbons (Fsp3) is 1.00. The highest BCUT2D eigenvalue weighted by molar-refractivity contribution is 4.84. The van der Waals surface area contributed by atoms with Crippen LogP contribution in [-0.4, -0.2) is 0 Å². The van der Waals surface area contributed by atoms with E-state index < -0.39 is 0 Å². The summed E-state index contributed by atoms with van der Waals surface area (Å²) in [7, 11) is 0. The Bertz CT molecular complexity index is 139. The molecule has 0 aliphatic heterocycles. The van der Waals surface area contributed by atoms with Crippen molar-refractivity contribution in [2.45, 2.75) is 72.1 Å². The number of unbranched alkanes of at least 4 members (excludes halogenated alkanes) is 2. The maximum atomic E-state index is 2.38. The van der Waals surface area contributed by atoms with E-state index in [1.165, 1.54) is 44.9 Å². The Labute approximate surface area is 90.5 Å². The lowest BCUT2D eigenvalue weighted by molar-refractivity contribution is 0.467. The van der Waals surface area contributed by atoms with Crippen LogP contribution in [0.15, 0.2) is 0 Å². The first kappa shape index (κ1) is 12.1. The lowest BCUT2D eigenvalue weighted by atomic mass is 10.00. The van der Waals surface area contributed by atoms with E-state index in [1.54, 1.807) is 6.42 Å². The fourth-order valence-electron chi connectivity index (χ4n) is 2.44. The summed E-state index contributed by atoms with van der Waals surface area (Å²) in [5, 5.41) is 0. The summed E-state index contributed by atoms with van der Waals surface area (Å²) in [5.74, 6) is 3.20. The highest BCUT2D eigenvalue weighted by atomic mass is 14.4. The molecule has 0 aromatic carbocycles. The third-order valence-corrected chi connectivity index (χ3v) is 4.06. The van der Waals surface area contributed by atoms with Gasteiger partial charge in [-0.2, -0.15) is 0 Å². The van der Waals surface area contributed by atoms with Crippen LogP contribution in [0.25, 0.3) is 0 Å². The van der Waals surface area contributed by atoms with E-state index in [9.17, 15) is 0 Å². The summed E-state index contributed by atoms with van der Waals surface area (Å²) in [6, 6.07) is 0. The van der Waals surface area contributed by atoms with Gasteiger partial charge in [0.05, 0.1) is 0 Å². The van der Waals surface area contributed by atoms with Gasteiger partial charge in [-0.15, -0.1) is 0 Å². The maximum Gasteiger partial charge on any atom is -0.0383 e. The van der Waals surface area contributed by atoms with E-state index in [-0.39, 0.29) is 0 Å². The molecule has 1 rings (SSSR count). The van der Waals surface area contributed by atoms with Crippen LogP contribution in [0, 0.1) is 17.8 Å². The highest BCUT2D eigenvalue weighted by Gasteiger charge is 2.33. The monoisotopic (exact) mass is 196 g/mol.